The largest absolute Gasteiger partial charge is 0.479 e. The molecular formula is C15H19NO4S. The molecule has 21 heavy (non-hydrogen) atoms. The third-order valence-corrected chi connectivity index (χ3v) is 4.40. The second-order valence-corrected chi connectivity index (χ2v) is 6.21. The molecule has 0 aliphatic carbocycles. The molecule has 1 aliphatic rings. The van der Waals surface area contributed by atoms with Gasteiger partial charge in [-0.25, -0.2) is 4.79 Å². The summed E-state index contributed by atoms with van der Waals surface area (Å²) in [6.07, 6.45) is 0.316. The second kappa shape index (κ2) is 6.95. The van der Waals surface area contributed by atoms with Crippen LogP contribution in [0.5, 0.6) is 0 Å². The smallest absolute Gasteiger partial charge is 0.331 e. The van der Waals surface area contributed by atoms with Crippen molar-refractivity contribution in [2.75, 3.05) is 19.0 Å². The first-order chi connectivity index (χ1) is 10.0. The van der Waals surface area contributed by atoms with Crippen molar-refractivity contribution in [3.63, 3.8) is 0 Å². The van der Waals surface area contributed by atoms with Crippen LogP contribution >= 0.6 is 11.8 Å². The summed E-state index contributed by atoms with van der Waals surface area (Å²) in [6.45, 7) is 2.43. The summed E-state index contributed by atoms with van der Waals surface area (Å²) in [5, 5.41) is 11.9. The van der Waals surface area contributed by atoms with Gasteiger partial charge in [-0.15, -0.1) is 11.8 Å². The van der Waals surface area contributed by atoms with E-state index in [-0.39, 0.29) is 18.3 Å². The normalized spacial score (nSPS) is 21.2. The lowest BCUT2D eigenvalue weighted by atomic mass is 9.99. The van der Waals surface area contributed by atoms with E-state index in [0.29, 0.717) is 13.0 Å². The highest BCUT2D eigenvalue weighted by atomic mass is 32.2. The second-order valence-electron chi connectivity index (χ2n) is 5.22. The van der Waals surface area contributed by atoms with Crippen LogP contribution in [0.25, 0.3) is 0 Å². The monoisotopic (exact) mass is 309 g/mol. The van der Waals surface area contributed by atoms with Crippen LogP contribution in [-0.2, 0) is 20.1 Å². The lowest BCUT2D eigenvalue weighted by Crippen LogP contribution is -2.55. The molecule has 0 bridgehead atoms. The standard InChI is InChI=1S/C15H19NO4S/c1-11-3-2-4-12(7-11)8-21-9-13(17)16-15(14(18)19)5-6-20-10-15/h2-4,7H,5-6,8-10H2,1H3,(H,16,17)(H,18,19). The van der Waals surface area contributed by atoms with Crippen LogP contribution in [0, 0.1) is 6.92 Å². The third kappa shape index (κ3) is 4.22. The molecule has 1 saturated heterocycles. The molecule has 0 spiro atoms. The summed E-state index contributed by atoms with van der Waals surface area (Å²) in [5.74, 6) is -0.327. The van der Waals surface area contributed by atoms with Crippen molar-refractivity contribution in [1.29, 1.82) is 0 Å². The van der Waals surface area contributed by atoms with Crippen LogP contribution in [-0.4, -0.2) is 41.5 Å². The van der Waals surface area contributed by atoms with E-state index in [9.17, 15) is 14.7 Å². The van der Waals surface area contributed by atoms with Crippen LogP contribution in [0.4, 0.5) is 0 Å². The molecule has 1 unspecified atom stereocenters. The van der Waals surface area contributed by atoms with E-state index in [1.54, 1.807) is 0 Å². The van der Waals surface area contributed by atoms with E-state index < -0.39 is 11.5 Å². The summed E-state index contributed by atoms with van der Waals surface area (Å²) in [6, 6.07) is 8.11. The molecule has 2 N–H and O–H groups in total. The number of ether oxygens (including phenoxy) is 1. The van der Waals surface area contributed by atoms with Gasteiger partial charge in [0.25, 0.3) is 0 Å². The van der Waals surface area contributed by atoms with E-state index >= 15 is 0 Å². The Morgan fingerprint density at radius 1 is 1.48 bits per heavy atom. The summed E-state index contributed by atoms with van der Waals surface area (Å²) in [7, 11) is 0. The first-order valence-corrected chi connectivity index (χ1v) is 7.93. The molecule has 0 saturated carbocycles. The van der Waals surface area contributed by atoms with Crippen molar-refractivity contribution < 1.29 is 19.4 Å². The summed E-state index contributed by atoms with van der Waals surface area (Å²) in [5.41, 5.74) is 1.09. The molecule has 1 fully saturated rings. The minimum atomic E-state index is -1.25. The van der Waals surface area contributed by atoms with Crippen LogP contribution < -0.4 is 5.32 Å². The van der Waals surface area contributed by atoms with E-state index in [1.807, 2.05) is 25.1 Å². The number of carboxylic acid groups (broad SMARTS) is 1. The molecular weight excluding hydrogens is 290 g/mol. The number of thioether (sulfide) groups is 1. The number of amides is 1. The van der Waals surface area contributed by atoms with Gasteiger partial charge in [-0.1, -0.05) is 29.8 Å². The highest BCUT2D eigenvalue weighted by Crippen LogP contribution is 2.20. The Morgan fingerprint density at radius 2 is 2.29 bits per heavy atom. The molecule has 2 rings (SSSR count). The molecule has 1 aliphatic heterocycles. The van der Waals surface area contributed by atoms with E-state index in [1.165, 1.54) is 17.3 Å². The zero-order valence-corrected chi connectivity index (χ0v) is 12.7. The lowest BCUT2D eigenvalue weighted by molar-refractivity contribution is -0.147. The zero-order valence-electron chi connectivity index (χ0n) is 11.9. The molecule has 1 aromatic rings. The number of benzene rings is 1. The van der Waals surface area contributed by atoms with Gasteiger partial charge in [-0.3, -0.25) is 4.79 Å². The molecule has 5 nitrogen and oxygen atoms in total. The van der Waals surface area contributed by atoms with E-state index in [2.05, 4.69) is 11.4 Å². The van der Waals surface area contributed by atoms with E-state index in [0.717, 1.165) is 11.3 Å². The number of hydrogen-bond donors (Lipinski definition) is 2. The number of hydrogen-bond acceptors (Lipinski definition) is 4. The van der Waals surface area contributed by atoms with Crippen molar-refractivity contribution in [2.24, 2.45) is 0 Å². The highest BCUT2D eigenvalue weighted by Gasteiger charge is 2.43. The van der Waals surface area contributed by atoms with Crippen LogP contribution in [0.2, 0.25) is 0 Å². The number of carbonyl (C=O) groups excluding carboxylic acids is 1. The predicted octanol–water partition coefficient (Wildman–Crippen LogP) is 1.59. The summed E-state index contributed by atoms with van der Waals surface area (Å²) in [4.78, 5) is 23.2. The van der Waals surface area contributed by atoms with Gasteiger partial charge < -0.3 is 15.2 Å². The average Bonchev–Trinajstić information content (AvgIpc) is 2.88. The Balaban J connectivity index is 1.81. The molecule has 1 aromatic carbocycles. The number of aryl methyl sites for hydroxylation is 1. The number of rotatable bonds is 6. The van der Waals surface area contributed by atoms with Gasteiger partial charge in [0.15, 0.2) is 5.54 Å². The van der Waals surface area contributed by atoms with Gasteiger partial charge in [-0.2, -0.15) is 0 Å². The third-order valence-electron chi connectivity index (χ3n) is 3.39. The molecule has 1 heterocycles. The molecule has 1 atom stereocenters. The van der Waals surface area contributed by atoms with Gasteiger partial charge in [0, 0.05) is 18.8 Å². The van der Waals surface area contributed by atoms with Crippen LogP contribution in [0.15, 0.2) is 24.3 Å². The van der Waals surface area contributed by atoms with Gasteiger partial charge in [0.05, 0.1) is 12.4 Å². The Morgan fingerprint density at radius 3 is 2.90 bits per heavy atom. The minimum Gasteiger partial charge on any atom is -0.479 e. The topological polar surface area (TPSA) is 75.6 Å². The number of carboxylic acids is 1. The zero-order chi connectivity index (χ0) is 15.3. The van der Waals surface area contributed by atoms with Gasteiger partial charge in [-0.05, 0) is 12.5 Å². The Kier molecular flexibility index (Phi) is 5.25. The average molecular weight is 309 g/mol. The molecule has 0 radical (unpaired) electrons. The van der Waals surface area contributed by atoms with Crippen molar-refractivity contribution >= 4 is 23.6 Å². The fourth-order valence-electron chi connectivity index (χ4n) is 2.25. The van der Waals surface area contributed by atoms with Gasteiger partial charge in [0.2, 0.25) is 5.91 Å². The minimum absolute atomic E-state index is 0.0383. The fourth-order valence-corrected chi connectivity index (χ4v) is 3.03. The Bertz CT molecular complexity index is 526. The maximum absolute atomic E-state index is 11.9. The SMILES string of the molecule is Cc1cccc(CSCC(=O)NC2(C(=O)O)CCOC2)c1. The Labute approximate surface area is 128 Å². The molecule has 1 amide bonds. The van der Waals surface area contributed by atoms with Crippen molar-refractivity contribution in [1.82, 2.24) is 5.32 Å². The summed E-state index contributed by atoms with van der Waals surface area (Å²) < 4.78 is 5.11. The molecule has 114 valence electrons. The van der Waals surface area contributed by atoms with Gasteiger partial charge >= 0.3 is 5.97 Å². The predicted molar refractivity (Wildman–Crippen MR) is 81.3 cm³/mol. The highest BCUT2D eigenvalue weighted by molar-refractivity contribution is 7.99. The molecule has 0 aromatic heterocycles. The number of carbonyl (C=O) groups is 2. The first kappa shape index (κ1) is 15.9. The first-order valence-electron chi connectivity index (χ1n) is 6.77. The van der Waals surface area contributed by atoms with Crippen molar-refractivity contribution in [3.05, 3.63) is 35.4 Å². The Hall–Kier alpha value is -1.53. The van der Waals surface area contributed by atoms with Gasteiger partial charge in [0.1, 0.15) is 0 Å². The van der Waals surface area contributed by atoms with Crippen LogP contribution in [0.1, 0.15) is 17.5 Å². The quantitative estimate of drug-likeness (QED) is 0.834. The number of nitrogens with one attached hydrogen (secondary N) is 1. The number of aliphatic carboxylic acids is 1. The van der Waals surface area contributed by atoms with Crippen LogP contribution in [0.3, 0.4) is 0 Å². The summed E-state index contributed by atoms with van der Waals surface area (Å²) >= 11 is 1.47. The molecule has 6 heteroatoms. The fraction of sp³-hybridized carbons (Fsp3) is 0.467. The van der Waals surface area contributed by atoms with Crippen molar-refractivity contribution in [3.8, 4) is 0 Å². The van der Waals surface area contributed by atoms with Crippen molar-refractivity contribution in [2.45, 2.75) is 24.6 Å². The lowest BCUT2D eigenvalue weighted by Gasteiger charge is -2.23. The maximum atomic E-state index is 11.9. The van der Waals surface area contributed by atoms with E-state index in [4.69, 9.17) is 4.74 Å². The maximum Gasteiger partial charge on any atom is 0.331 e.